The van der Waals surface area contributed by atoms with E-state index in [0.29, 0.717) is 16.7 Å². The van der Waals surface area contributed by atoms with Gasteiger partial charge in [-0.1, -0.05) is 22.7 Å². The first-order valence-corrected chi connectivity index (χ1v) is 10.2. The van der Waals surface area contributed by atoms with Gasteiger partial charge in [-0.25, -0.2) is 15.0 Å². The number of thiazole rings is 2. The normalized spacial score (nSPS) is 17.0. The summed E-state index contributed by atoms with van der Waals surface area (Å²) in [5, 5.41) is 22.2. The Bertz CT molecular complexity index is 1050. The van der Waals surface area contributed by atoms with Gasteiger partial charge in [0, 0.05) is 43.2 Å². The predicted octanol–water partition coefficient (Wildman–Crippen LogP) is 2.71. The molecular weight excluding hydrogens is 382 g/mol. The van der Waals surface area contributed by atoms with Crippen LogP contribution in [-0.2, 0) is 0 Å². The van der Waals surface area contributed by atoms with Crippen LogP contribution < -0.4 is 10.2 Å². The van der Waals surface area contributed by atoms with Gasteiger partial charge in [-0.05, 0) is 19.0 Å². The summed E-state index contributed by atoms with van der Waals surface area (Å²) in [7, 11) is 2.09. The van der Waals surface area contributed by atoms with Crippen LogP contribution in [0.15, 0.2) is 24.7 Å². The largest absolute Gasteiger partial charge is 0.506 e. The van der Waals surface area contributed by atoms with E-state index in [1.807, 2.05) is 0 Å². The number of aromatic hydroxyl groups is 1. The summed E-state index contributed by atoms with van der Waals surface area (Å²) in [6.07, 6.45) is 6.30. The van der Waals surface area contributed by atoms with Crippen molar-refractivity contribution in [1.29, 1.82) is 0 Å². The highest BCUT2D eigenvalue weighted by atomic mass is 32.1. The van der Waals surface area contributed by atoms with Crippen molar-refractivity contribution in [3.05, 3.63) is 24.7 Å². The van der Waals surface area contributed by atoms with Gasteiger partial charge in [0.2, 0.25) is 0 Å². The van der Waals surface area contributed by atoms with Crippen LogP contribution in [0.2, 0.25) is 0 Å². The molecule has 1 atom stereocenters. The minimum Gasteiger partial charge on any atom is -0.506 e. The van der Waals surface area contributed by atoms with Crippen LogP contribution in [0.4, 0.5) is 5.13 Å². The highest BCUT2D eigenvalue weighted by molar-refractivity contribution is 7.29. The van der Waals surface area contributed by atoms with E-state index in [-0.39, 0.29) is 5.75 Å². The van der Waals surface area contributed by atoms with E-state index in [0.717, 1.165) is 45.4 Å². The summed E-state index contributed by atoms with van der Waals surface area (Å²) in [5.74, 6) is 0.101. The third-order valence-corrected chi connectivity index (χ3v) is 6.88. The number of likely N-dealkylation sites (N-methyl/N-ethyl adjacent to an activating group) is 1. The van der Waals surface area contributed by atoms with Gasteiger partial charge in [0.15, 0.2) is 14.8 Å². The average Bonchev–Trinajstić information content (AvgIpc) is 3.45. The zero-order valence-electron chi connectivity index (χ0n) is 14.5. The molecule has 0 aliphatic carbocycles. The van der Waals surface area contributed by atoms with E-state index in [4.69, 9.17) is 4.98 Å². The van der Waals surface area contributed by atoms with Crippen LogP contribution in [0.1, 0.15) is 6.42 Å². The fourth-order valence-corrected chi connectivity index (χ4v) is 5.27. The number of fused-ring (bicyclic) bond motifs is 1. The van der Waals surface area contributed by atoms with Crippen molar-refractivity contribution in [2.45, 2.75) is 12.5 Å². The Hall–Kier alpha value is -2.56. The molecule has 1 fully saturated rings. The number of anilines is 1. The Kier molecular flexibility index (Phi) is 4.03. The zero-order valence-corrected chi connectivity index (χ0v) is 16.1. The van der Waals surface area contributed by atoms with Gasteiger partial charge < -0.3 is 15.3 Å². The Labute approximate surface area is 162 Å². The lowest BCUT2D eigenvalue weighted by Gasteiger charge is -2.22. The Morgan fingerprint density at radius 1 is 1.19 bits per heavy atom. The first-order chi connectivity index (χ1) is 13.2. The van der Waals surface area contributed by atoms with Crippen molar-refractivity contribution in [1.82, 2.24) is 30.5 Å². The second-order valence-corrected chi connectivity index (χ2v) is 8.40. The fraction of sp³-hybridized carbons (Fsp3) is 0.294. The summed E-state index contributed by atoms with van der Waals surface area (Å²) >= 11 is 3.03. The second kappa shape index (κ2) is 6.55. The molecule has 1 aliphatic heterocycles. The van der Waals surface area contributed by atoms with E-state index in [2.05, 4.69) is 37.4 Å². The summed E-state index contributed by atoms with van der Waals surface area (Å²) in [4.78, 5) is 17.8. The van der Waals surface area contributed by atoms with Gasteiger partial charge in [0.25, 0.3) is 0 Å². The van der Waals surface area contributed by atoms with E-state index in [9.17, 15) is 5.11 Å². The second-order valence-electron chi connectivity index (χ2n) is 6.46. The Morgan fingerprint density at radius 3 is 2.78 bits per heavy atom. The maximum absolute atomic E-state index is 10.4. The van der Waals surface area contributed by atoms with Crippen molar-refractivity contribution < 1.29 is 5.11 Å². The van der Waals surface area contributed by atoms with Gasteiger partial charge in [-0.15, -0.1) is 0 Å². The quantitative estimate of drug-likeness (QED) is 0.485. The molecule has 0 spiro atoms. The molecule has 0 unspecified atom stereocenters. The first-order valence-electron chi connectivity index (χ1n) is 8.58. The standard InChI is InChI=1S/C17H17N7OS2/c1-24(11-2-3-18-8-11)17-23-16-15(27-17)22-14(26-16)13-12(25)4-9(5-19-13)10-6-20-21-7-10/h4-7,11,18,25H,2-3,8H2,1H3,(H,20,21)/t11-/m0/s1. The molecule has 8 nitrogen and oxygen atoms in total. The van der Waals surface area contributed by atoms with Crippen molar-refractivity contribution in [2.75, 3.05) is 25.0 Å². The number of aromatic amines is 1. The number of aromatic nitrogens is 5. The summed E-state index contributed by atoms with van der Waals surface area (Å²) < 4.78 is 0. The molecule has 5 rings (SSSR count). The molecule has 0 aromatic carbocycles. The van der Waals surface area contributed by atoms with Crippen LogP contribution >= 0.6 is 22.7 Å². The molecule has 0 radical (unpaired) electrons. The molecule has 4 aromatic heterocycles. The fourth-order valence-electron chi connectivity index (χ4n) is 3.19. The third-order valence-electron chi connectivity index (χ3n) is 4.75. The molecule has 27 heavy (non-hydrogen) atoms. The molecule has 0 bridgehead atoms. The minimum atomic E-state index is 0.101. The molecule has 0 amide bonds. The van der Waals surface area contributed by atoms with Crippen LogP contribution in [-0.4, -0.2) is 56.4 Å². The average molecular weight is 400 g/mol. The highest BCUT2D eigenvalue weighted by Crippen LogP contribution is 2.39. The predicted molar refractivity (Wildman–Crippen MR) is 107 cm³/mol. The summed E-state index contributed by atoms with van der Waals surface area (Å²) in [6.45, 7) is 2.04. The Morgan fingerprint density at radius 2 is 2.07 bits per heavy atom. The summed E-state index contributed by atoms with van der Waals surface area (Å²) in [6, 6.07) is 2.16. The number of pyridine rings is 1. The third kappa shape index (κ3) is 2.95. The van der Waals surface area contributed by atoms with Crippen LogP contribution in [0, 0.1) is 0 Å². The molecule has 0 saturated carbocycles. The molecule has 5 heterocycles. The van der Waals surface area contributed by atoms with E-state index >= 15 is 0 Å². The number of hydrogen-bond acceptors (Lipinski definition) is 9. The number of nitrogens with zero attached hydrogens (tertiary/aromatic N) is 5. The lowest BCUT2D eigenvalue weighted by Crippen LogP contribution is -2.33. The van der Waals surface area contributed by atoms with E-state index < -0.39 is 0 Å². The van der Waals surface area contributed by atoms with E-state index in [1.54, 1.807) is 36.0 Å². The van der Waals surface area contributed by atoms with Gasteiger partial charge >= 0.3 is 0 Å². The first kappa shape index (κ1) is 16.6. The van der Waals surface area contributed by atoms with E-state index in [1.165, 1.54) is 11.3 Å². The van der Waals surface area contributed by atoms with Gasteiger partial charge in [-0.2, -0.15) is 5.10 Å². The lowest BCUT2D eigenvalue weighted by atomic mass is 10.1. The molecule has 1 saturated heterocycles. The van der Waals surface area contributed by atoms with Crippen molar-refractivity contribution in [3.8, 4) is 27.6 Å². The molecule has 1 aliphatic rings. The molecule has 10 heteroatoms. The number of hydrogen-bond donors (Lipinski definition) is 3. The zero-order chi connectivity index (χ0) is 18.4. The number of H-pyrrole nitrogens is 1. The van der Waals surface area contributed by atoms with Gasteiger partial charge in [0.1, 0.15) is 16.5 Å². The van der Waals surface area contributed by atoms with Gasteiger partial charge in [-0.3, -0.25) is 5.10 Å². The van der Waals surface area contributed by atoms with Crippen molar-refractivity contribution >= 4 is 37.5 Å². The van der Waals surface area contributed by atoms with Gasteiger partial charge in [0.05, 0.1) is 6.20 Å². The summed E-state index contributed by atoms with van der Waals surface area (Å²) in [5.41, 5.74) is 2.16. The van der Waals surface area contributed by atoms with Crippen molar-refractivity contribution in [2.24, 2.45) is 0 Å². The maximum atomic E-state index is 10.4. The molecule has 3 N–H and O–H groups in total. The topological polar surface area (TPSA) is 103 Å². The monoisotopic (exact) mass is 399 g/mol. The van der Waals surface area contributed by atoms with Crippen LogP contribution in [0.25, 0.3) is 31.5 Å². The maximum Gasteiger partial charge on any atom is 0.188 e. The lowest BCUT2D eigenvalue weighted by molar-refractivity contribution is 0.475. The van der Waals surface area contributed by atoms with Crippen LogP contribution in [0.3, 0.4) is 0 Å². The molecule has 4 aromatic rings. The Balaban J connectivity index is 1.44. The SMILES string of the molecule is CN(c1nc2sc(-c3ncc(-c4cn[nH]c4)cc3O)nc2s1)[C@H]1CCNC1. The smallest absolute Gasteiger partial charge is 0.188 e. The molecule has 138 valence electrons. The van der Waals surface area contributed by atoms with Crippen LogP contribution in [0.5, 0.6) is 5.75 Å². The van der Waals surface area contributed by atoms with Crippen molar-refractivity contribution in [3.63, 3.8) is 0 Å². The highest BCUT2D eigenvalue weighted by Gasteiger charge is 2.23. The number of rotatable bonds is 4. The molecular formula is C17H17N7OS2. The minimum absolute atomic E-state index is 0.101. The number of nitrogens with one attached hydrogen (secondary N) is 2.